The lowest BCUT2D eigenvalue weighted by Gasteiger charge is -2.23. The fourth-order valence-electron chi connectivity index (χ4n) is 2.04. The standard InChI is InChI=1S/C16H22BrN3OS2/c1-3-4-9-21-10-8-20(14-7-5-6-13(17)11-14)12-15-18-19-16(22-2)23-15/h5-7,11H,3-4,8-10,12H2,1-2H3. The molecule has 0 saturated carbocycles. The molecule has 1 aromatic heterocycles. The molecule has 23 heavy (non-hydrogen) atoms. The van der Waals surface area contributed by atoms with Crippen LogP contribution in [0, 0.1) is 0 Å². The van der Waals surface area contributed by atoms with Gasteiger partial charge in [0.15, 0.2) is 4.34 Å². The van der Waals surface area contributed by atoms with E-state index in [-0.39, 0.29) is 0 Å². The Bertz CT molecular complexity index is 594. The number of nitrogens with zero attached hydrogens (tertiary/aromatic N) is 3. The summed E-state index contributed by atoms with van der Waals surface area (Å²) in [5, 5.41) is 9.50. The topological polar surface area (TPSA) is 38.2 Å². The van der Waals surface area contributed by atoms with E-state index in [0.717, 1.165) is 53.0 Å². The molecule has 0 aliphatic rings. The molecule has 0 bridgehead atoms. The first kappa shape index (κ1) is 18.7. The third-order valence-electron chi connectivity index (χ3n) is 3.27. The van der Waals surface area contributed by atoms with Gasteiger partial charge in [-0.15, -0.1) is 10.2 Å². The van der Waals surface area contributed by atoms with Gasteiger partial charge >= 0.3 is 0 Å². The second-order valence-electron chi connectivity index (χ2n) is 5.03. The van der Waals surface area contributed by atoms with Crippen LogP contribution in [0.15, 0.2) is 33.1 Å². The Morgan fingerprint density at radius 3 is 2.87 bits per heavy atom. The zero-order valence-electron chi connectivity index (χ0n) is 13.5. The maximum Gasteiger partial charge on any atom is 0.174 e. The second-order valence-corrected chi connectivity index (χ2v) is 8.06. The number of hydrogen-bond donors (Lipinski definition) is 0. The molecule has 0 aliphatic heterocycles. The van der Waals surface area contributed by atoms with E-state index in [2.05, 4.69) is 56.2 Å². The molecular formula is C16H22BrN3OS2. The number of unbranched alkanes of at least 4 members (excludes halogenated alkanes) is 1. The highest BCUT2D eigenvalue weighted by molar-refractivity contribution is 9.10. The smallest absolute Gasteiger partial charge is 0.174 e. The monoisotopic (exact) mass is 415 g/mol. The number of halogens is 1. The normalized spacial score (nSPS) is 10.9. The first-order chi connectivity index (χ1) is 11.2. The van der Waals surface area contributed by atoms with Crippen LogP contribution in [-0.2, 0) is 11.3 Å². The Kier molecular flexibility index (Phi) is 8.36. The molecule has 2 aromatic rings. The average Bonchev–Trinajstić information content (AvgIpc) is 3.01. The van der Waals surface area contributed by atoms with Gasteiger partial charge in [0, 0.05) is 23.3 Å². The number of thioether (sulfide) groups is 1. The second kappa shape index (κ2) is 10.3. The van der Waals surface area contributed by atoms with E-state index < -0.39 is 0 Å². The Hall–Kier alpha value is -0.630. The van der Waals surface area contributed by atoms with Crippen LogP contribution in [0.4, 0.5) is 5.69 Å². The number of benzene rings is 1. The average molecular weight is 416 g/mol. The van der Waals surface area contributed by atoms with Crippen molar-refractivity contribution in [2.24, 2.45) is 0 Å². The predicted molar refractivity (Wildman–Crippen MR) is 103 cm³/mol. The highest BCUT2D eigenvalue weighted by Gasteiger charge is 2.12. The minimum Gasteiger partial charge on any atom is -0.380 e. The Labute approximate surface area is 154 Å². The summed E-state index contributed by atoms with van der Waals surface area (Å²) in [6.07, 6.45) is 4.31. The van der Waals surface area contributed by atoms with Gasteiger partial charge in [0.2, 0.25) is 0 Å². The maximum atomic E-state index is 5.73. The molecule has 0 unspecified atom stereocenters. The zero-order chi connectivity index (χ0) is 16.5. The van der Waals surface area contributed by atoms with E-state index in [0.29, 0.717) is 0 Å². The molecular weight excluding hydrogens is 394 g/mol. The lowest BCUT2D eigenvalue weighted by molar-refractivity contribution is 0.137. The molecule has 1 heterocycles. The molecule has 0 N–H and O–H groups in total. The molecule has 2 rings (SSSR count). The number of hydrogen-bond acceptors (Lipinski definition) is 6. The lowest BCUT2D eigenvalue weighted by Crippen LogP contribution is -2.27. The van der Waals surface area contributed by atoms with Gasteiger partial charge in [-0.1, -0.05) is 58.4 Å². The van der Waals surface area contributed by atoms with Crippen molar-refractivity contribution in [1.82, 2.24) is 10.2 Å². The maximum absolute atomic E-state index is 5.73. The van der Waals surface area contributed by atoms with Crippen LogP contribution in [0.5, 0.6) is 0 Å². The predicted octanol–water partition coefficient (Wildman–Crippen LogP) is 4.85. The molecule has 0 saturated heterocycles. The van der Waals surface area contributed by atoms with Gasteiger partial charge in [0.1, 0.15) is 5.01 Å². The van der Waals surface area contributed by atoms with Crippen LogP contribution in [0.3, 0.4) is 0 Å². The molecule has 1 aromatic carbocycles. The summed E-state index contributed by atoms with van der Waals surface area (Å²) >= 11 is 6.84. The third kappa shape index (κ3) is 6.41. The van der Waals surface area contributed by atoms with Crippen LogP contribution in [-0.4, -0.2) is 36.2 Å². The summed E-state index contributed by atoms with van der Waals surface area (Å²) in [7, 11) is 0. The van der Waals surface area contributed by atoms with E-state index in [4.69, 9.17) is 4.74 Å². The van der Waals surface area contributed by atoms with Crippen molar-refractivity contribution in [3.05, 3.63) is 33.7 Å². The van der Waals surface area contributed by atoms with E-state index >= 15 is 0 Å². The Morgan fingerprint density at radius 1 is 1.30 bits per heavy atom. The third-order valence-corrected chi connectivity index (χ3v) is 5.65. The van der Waals surface area contributed by atoms with Crippen molar-refractivity contribution in [1.29, 1.82) is 0 Å². The zero-order valence-corrected chi connectivity index (χ0v) is 16.7. The molecule has 0 atom stereocenters. The van der Waals surface area contributed by atoms with Gasteiger partial charge in [-0.3, -0.25) is 0 Å². The van der Waals surface area contributed by atoms with E-state index in [1.54, 1.807) is 23.1 Å². The van der Waals surface area contributed by atoms with Gasteiger partial charge in [-0.2, -0.15) is 0 Å². The summed E-state index contributed by atoms with van der Waals surface area (Å²) in [5.74, 6) is 0. The summed E-state index contributed by atoms with van der Waals surface area (Å²) in [6, 6.07) is 8.34. The minimum absolute atomic E-state index is 0.723. The molecule has 126 valence electrons. The number of aromatic nitrogens is 2. The Morgan fingerprint density at radius 2 is 2.17 bits per heavy atom. The van der Waals surface area contributed by atoms with Crippen molar-refractivity contribution >= 4 is 44.7 Å². The first-order valence-corrected chi connectivity index (χ1v) is 10.5. The molecule has 0 radical (unpaired) electrons. The fourth-order valence-corrected chi connectivity index (χ4v) is 3.76. The van der Waals surface area contributed by atoms with Crippen LogP contribution >= 0.6 is 39.0 Å². The van der Waals surface area contributed by atoms with Gasteiger partial charge < -0.3 is 9.64 Å². The van der Waals surface area contributed by atoms with Crippen molar-refractivity contribution < 1.29 is 4.74 Å². The largest absolute Gasteiger partial charge is 0.380 e. The molecule has 0 fully saturated rings. The first-order valence-electron chi connectivity index (χ1n) is 7.67. The van der Waals surface area contributed by atoms with Crippen molar-refractivity contribution in [3.63, 3.8) is 0 Å². The van der Waals surface area contributed by atoms with Crippen molar-refractivity contribution in [2.75, 3.05) is 30.9 Å². The van der Waals surface area contributed by atoms with E-state index in [1.165, 1.54) is 5.69 Å². The van der Waals surface area contributed by atoms with Crippen molar-refractivity contribution in [3.8, 4) is 0 Å². The molecule has 0 spiro atoms. The fraction of sp³-hybridized carbons (Fsp3) is 0.500. The van der Waals surface area contributed by atoms with Crippen LogP contribution in [0.1, 0.15) is 24.8 Å². The summed E-state index contributed by atoms with van der Waals surface area (Å²) in [6.45, 7) is 5.33. The quantitative estimate of drug-likeness (QED) is 0.409. The molecule has 7 heteroatoms. The lowest BCUT2D eigenvalue weighted by atomic mass is 10.3. The highest BCUT2D eigenvalue weighted by atomic mass is 79.9. The van der Waals surface area contributed by atoms with Gasteiger partial charge in [-0.05, 0) is 30.9 Å². The highest BCUT2D eigenvalue weighted by Crippen LogP contribution is 2.25. The van der Waals surface area contributed by atoms with E-state index in [9.17, 15) is 0 Å². The van der Waals surface area contributed by atoms with Gasteiger partial charge in [-0.25, -0.2) is 0 Å². The molecule has 0 amide bonds. The summed E-state index contributed by atoms with van der Waals surface area (Å²) in [5.41, 5.74) is 1.17. The van der Waals surface area contributed by atoms with Crippen molar-refractivity contribution in [2.45, 2.75) is 30.6 Å². The molecule has 4 nitrogen and oxygen atoms in total. The summed E-state index contributed by atoms with van der Waals surface area (Å²) in [4.78, 5) is 2.29. The van der Waals surface area contributed by atoms with E-state index in [1.807, 2.05) is 12.3 Å². The number of rotatable bonds is 10. The van der Waals surface area contributed by atoms with Crippen LogP contribution in [0.25, 0.3) is 0 Å². The minimum atomic E-state index is 0.723. The number of ether oxygens (including phenoxy) is 1. The number of anilines is 1. The SMILES string of the molecule is CCCCOCCN(Cc1nnc(SC)s1)c1cccc(Br)c1. The van der Waals surface area contributed by atoms with Gasteiger partial charge in [0.25, 0.3) is 0 Å². The van der Waals surface area contributed by atoms with Gasteiger partial charge in [0.05, 0.1) is 13.2 Å². The summed E-state index contributed by atoms with van der Waals surface area (Å²) < 4.78 is 7.82. The Balaban J connectivity index is 2.01. The molecule has 0 aliphatic carbocycles. The van der Waals surface area contributed by atoms with Crippen LogP contribution < -0.4 is 4.90 Å². The van der Waals surface area contributed by atoms with Crippen LogP contribution in [0.2, 0.25) is 0 Å².